The first-order valence-corrected chi connectivity index (χ1v) is 10.9. The molecule has 0 fully saturated rings. The maximum atomic E-state index is 14.6. The van der Waals surface area contributed by atoms with E-state index in [1.54, 1.807) is 31.2 Å². The summed E-state index contributed by atoms with van der Waals surface area (Å²) >= 11 is 0. The van der Waals surface area contributed by atoms with Crippen molar-refractivity contribution in [2.24, 2.45) is 0 Å². The van der Waals surface area contributed by atoms with Crippen molar-refractivity contribution < 1.29 is 32.1 Å². The molecule has 4 aromatic rings. The molecule has 0 aliphatic heterocycles. The monoisotopic (exact) mass is 482 g/mol. The summed E-state index contributed by atoms with van der Waals surface area (Å²) in [4.78, 5) is 0. The molecule has 0 saturated carbocycles. The molecular formula is C28H22F4O3. The zero-order valence-corrected chi connectivity index (χ0v) is 18.8. The van der Waals surface area contributed by atoms with Crippen LogP contribution in [0, 0.1) is 23.3 Å². The average molecular weight is 482 g/mol. The average Bonchev–Trinajstić information content (AvgIpc) is 2.87. The fourth-order valence-electron chi connectivity index (χ4n) is 3.58. The molecule has 0 atom stereocenters. The van der Waals surface area contributed by atoms with Crippen molar-refractivity contribution in [3.63, 3.8) is 0 Å². The standard InChI is InChI=1S/C28H22F4O3/c1-2-34-16-20-9-12-22(26(30)25(20)29)18-5-3-17(4-6-18)15-35-24-14-13-23(27(31)28(24)32)19-7-10-21(33)11-8-19/h3-14,33H,2,15-16H2,1H3. The molecule has 3 nitrogen and oxygen atoms in total. The second-order valence-electron chi connectivity index (χ2n) is 7.81. The van der Waals surface area contributed by atoms with Crippen molar-refractivity contribution in [1.82, 2.24) is 0 Å². The summed E-state index contributed by atoms with van der Waals surface area (Å²) in [6, 6.07) is 17.9. The summed E-state index contributed by atoms with van der Waals surface area (Å²) in [5, 5.41) is 9.37. The summed E-state index contributed by atoms with van der Waals surface area (Å²) < 4.78 is 68.7. The highest BCUT2D eigenvalue weighted by atomic mass is 19.2. The normalized spacial score (nSPS) is 11.0. The van der Waals surface area contributed by atoms with E-state index in [0.29, 0.717) is 23.3 Å². The van der Waals surface area contributed by atoms with Crippen LogP contribution < -0.4 is 4.74 Å². The van der Waals surface area contributed by atoms with Crippen LogP contribution in [0.3, 0.4) is 0 Å². The van der Waals surface area contributed by atoms with Gasteiger partial charge in [0.25, 0.3) is 0 Å². The van der Waals surface area contributed by atoms with Crippen molar-refractivity contribution in [2.45, 2.75) is 20.1 Å². The van der Waals surface area contributed by atoms with Crippen LogP contribution in [0.5, 0.6) is 11.5 Å². The molecule has 0 spiro atoms. The third kappa shape index (κ3) is 5.30. The van der Waals surface area contributed by atoms with Gasteiger partial charge in [-0.05, 0) is 47.9 Å². The van der Waals surface area contributed by atoms with E-state index in [2.05, 4.69) is 0 Å². The van der Waals surface area contributed by atoms with Gasteiger partial charge in [-0.15, -0.1) is 0 Å². The number of aromatic hydroxyl groups is 1. The second-order valence-corrected chi connectivity index (χ2v) is 7.81. The third-order valence-electron chi connectivity index (χ3n) is 5.51. The predicted molar refractivity (Wildman–Crippen MR) is 125 cm³/mol. The molecule has 0 saturated heterocycles. The molecule has 0 aliphatic carbocycles. The molecule has 0 bridgehead atoms. The topological polar surface area (TPSA) is 38.7 Å². The lowest BCUT2D eigenvalue weighted by atomic mass is 10.0. The van der Waals surface area contributed by atoms with Gasteiger partial charge in [0, 0.05) is 23.3 Å². The fraction of sp³-hybridized carbons (Fsp3) is 0.143. The van der Waals surface area contributed by atoms with Gasteiger partial charge < -0.3 is 14.6 Å². The summed E-state index contributed by atoms with van der Waals surface area (Å²) in [5.41, 5.74) is 1.79. The molecule has 35 heavy (non-hydrogen) atoms. The first-order chi connectivity index (χ1) is 16.9. The van der Waals surface area contributed by atoms with Crippen LogP contribution in [0.1, 0.15) is 18.1 Å². The van der Waals surface area contributed by atoms with Gasteiger partial charge in [-0.2, -0.15) is 4.39 Å². The second kappa shape index (κ2) is 10.6. The summed E-state index contributed by atoms with van der Waals surface area (Å²) in [5.74, 6) is -4.33. The molecule has 0 unspecified atom stereocenters. The van der Waals surface area contributed by atoms with Gasteiger partial charge in [0.2, 0.25) is 5.82 Å². The number of halogens is 4. The van der Waals surface area contributed by atoms with Gasteiger partial charge in [0.1, 0.15) is 12.4 Å². The van der Waals surface area contributed by atoms with Crippen molar-refractivity contribution in [3.05, 3.63) is 107 Å². The van der Waals surface area contributed by atoms with Gasteiger partial charge in [0.05, 0.1) is 6.61 Å². The van der Waals surface area contributed by atoms with E-state index in [-0.39, 0.29) is 41.4 Å². The molecular weight excluding hydrogens is 460 g/mol. The molecule has 0 heterocycles. The van der Waals surface area contributed by atoms with E-state index in [9.17, 15) is 22.7 Å². The van der Waals surface area contributed by atoms with Crippen LogP contribution >= 0.6 is 0 Å². The number of rotatable bonds is 8. The summed E-state index contributed by atoms with van der Waals surface area (Å²) in [6.45, 7) is 2.10. The maximum absolute atomic E-state index is 14.6. The third-order valence-corrected chi connectivity index (χ3v) is 5.51. The van der Waals surface area contributed by atoms with E-state index in [4.69, 9.17) is 9.47 Å². The quantitative estimate of drug-likeness (QED) is 0.266. The summed E-state index contributed by atoms with van der Waals surface area (Å²) in [7, 11) is 0. The highest BCUT2D eigenvalue weighted by Gasteiger charge is 2.17. The molecule has 1 N–H and O–H groups in total. The minimum atomic E-state index is -1.13. The molecule has 0 aliphatic rings. The first-order valence-electron chi connectivity index (χ1n) is 10.9. The zero-order valence-electron chi connectivity index (χ0n) is 18.8. The van der Waals surface area contributed by atoms with E-state index < -0.39 is 23.3 Å². The van der Waals surface area contributed by atoms with Crippen molar-refractivity contribution >= 4 is 0 Å². The maximum Gasteiger partial charge on any atom is 0.201 e. The Hall–Kier alpha value is -3.84. The number of phenolic OH excluding ortho intramolecular Hbond substituents is 1. The molecule has 0 amide bonds. The zero-order chi connectivity index (χ0) is 24.9. The Morgan fingerprint density at radius 1 is 0.629 bits per heavy atom. The molecule has 0 aromatic heterocycles. The lowest BCUT2D eigenvalue weighted by Crippen LogP contribution is -2.01. The Bertz CT molecular complexity index is 1320. The lowest BCUT2D eigenvalue weighted by Gasteiger charge is -2.12. The van der Waals surface area contributed by atoms with Gasteiger partial charge in [0.15, 0.2) is 23.2 Å². The molecule has 180 valence electrons. The van der Waals surface area contributed by atoms with Crippen LogP contribution in [-0.4, -0.2) is 11.7 Å². The Kier molecular flexibility index (Phi) is 7.36. The number of hydrogen-bond acceptors (Lipinski definition) is 3. The fourth-order valence-corrected chi connectivity index (χ4v) is 3.58. The SMILES string of the molecule is CCOCc1ccc(-c2ccc(COc3ccc(-c4ccc(O)cc4)c(F)c3F)cc2)c(F)c1F. The molecule has 4 rings (SSSR count). The summed E-state index contributed by atoms with van der Waals surface area (Å²) in [6.07, 6.45) is 0. The highest BCUT2D eigenvalue weighted by molar-refractivity contribution is 5.66. The highest BCUT2D eigenvalue weighted by Crippen LogP contribution is 2.31. The van der Waals surface area contributed by atoms with Crippen LogP contribution in [-0.2, 0) is 18.0 Å². The number of phenols is 1. The van der Waals surface area contributed by atoms with Crippen LogP contribution in [0.4, 0.5) is 17.6 Å². The largest absolute Gasteiger partial charge is 0.508 e. The van der Waals surface area contributed by atoms with E-state index in [1.165, 1.54) is 48.5 Å². The van der Waals surface area contributed by atoms with Crippen molar-refractivity contribution in [1.29, 1.82) is 0 Å². The minimum absolute atomic E-state index is 0.0110. The predicted octanol–water partition coefficient (Wildman–Crippen LogP) is 7.40. The van der Waals surface area contributed by atoms with Crippen LogP contribution in [0.2, 0.25) is 0 Å². The Morgan fingerprint density at radius 3 is 1.83 bits per heavy atom. The first kappa shape index (κ1) is 24.3. The molecule has 7 heteroatoms. The molecule has 4 aromatic carbocycles. The Labute approximate surface area is 200 Å². The van der Waals surface area contributed by atoms with E-state index >= 15 is 0 Å². The van der Waals surface area contributed by atoms with Gasteiger partial charge in [-0.25, -0.2) is 13.2 Å². The number of hydrogen-bond donors (Lipinski definition) is 1. The van der Waals surface area contributed by atoms with Gasteiger partial charge in [-0.1, -0.05) is 48.5 Å². The van der Waals surface area contributed by atoms with E-state index in [1.807, 2.05) is 0 Å². The van der Waals surface area contributed by atoms with Crippen LogP contribution in [0.25, 0.3) is 22.3 Å². The van der Waals surface area contributed by atoms with Gasteiger partial charge >= 0.3 is 0 Å². The number of benzene rings is 4. The van der Waals surface area contributed by atoms with E-state index in [0.717, 1.165) is 0 Å². The Morgan fingerprint density at radius 2 is 1.20 bits per heavy atom. The minimum Gasteiger partial charge on any atom is -0.508 e. The van der Waals surface area contributed by atoms with Crippen molar-refractivity contribution in [2.75, 3.05) is 6.61 Å². The van der Waals surface area contributed by atoms with Crippen molar-refractivity contribution in [3.8, 4) is 33.8 Å². The Balaban J connectivity index is 1.47. The van der Waals surface area contributed by atoms with Gasteiger partial charge in [-0.3, -0.25) is 0 Å². The molecule has 0 radical (unpaired) electrons. The smallest absolute Gasteiger partial charge is 0.201 e. The van der Waals surface area contributed by atoms with Crippen LogP contribution in [0.15, 0.2) is 72.8 Å². The number of ether oxygens (including phenoxy) is 2. The lowest BCUT2D eigenvalue weighted by molar-refractivity contribution is 0.131.